The van der Waals surface area contributed by atoms with Crippen LogP contribution in [0.2, 0.25) is 0 Å². The van der Waals surface area contributed by atoms with Crippen molar-refractivity contribution in [3.8, 4) is 0 Å². The van der Waals surface area contributed by atoms with E-state index in [1.807, 2.05) is 22.9 Å². The highest BCUT2D eigenvalue weighted by atomic mass is 127. The van der Waals surface area contributed by atoms with Crippen LogP contribution in [0, 0.1) is 11.3 Å². The van der Waals surface area contributed by atoms with Gasteiger partial charge in [-0.25, -0.2) is 0 Å². The van der Waals surface area contributed by atoms with Crippen LogP contribution in [0.3, 0.4) is 0 Å². The molecular weight excluding hydrogens is 267 g/mol. The van der Waals surface area contributed by atoms with E-state index in [9.17, 15) is 0 Å². The maximum atomic E-state index is 7.18. The summed E-state index contributed by atoms with van der Waals surface area (Å²) < 4.78 is 2.78. The van der Waals surface area contributed by atoms with Gasteiger partial charge in [-0.15, -0.1) is 0 Å². The minimum absolute atomic E-state index is 0.00574. The predicted molar refractivity (Wildman–Crippen MR) is 59.8 cm³/mol. The molecule has 0 fully saturated rings. The van der Waals surface area contributed by atoms with Crippen LogP contribution in [-0.2, 0) is 0 Å². The number of hydrogen-bond acceptors (Lipinski definition) is 2. The smallest absolute Gasteiger partial charge is 0.204 e. The number of rotatable bonds is 4. The summed E-state index contributed by atoms with van der Waals surface area (Å²) in [6.07, 6.45) is 0. The van der Waals surface area contributed by atoms with Crippen molar-refractivity contribution in [2.75, 3.05) is 6.54 Å². The molecule has 4 N–H and O–H groups in total. The van der Waals surface area contributed by atoms with Gasteiger partial charge < -0.3 is 5.73 Å². The van der Waals surface area contributed by atoms with E-state index in [2.05, 4.69) is 24.1 Å². The zero-order chi connectivity index (χ0) is 9.72. The van der Waals surface area contributed by atoms with Crippen molar-refractivity contribution >= 4 is 28.8 Å². The SMILES string of the molecule is C=C(CN(NI)C(=N)N)C(C)C. The van der Waals surface area contributed by atoms with Crippen molar-refractivity contribution in [1.82, 2.24) is 8.65 Å². The normalized spacial score (nSPS) is 10.0. The highest BCUT2D eigenvalue weighted by Gasteiger charge is 2.08. The molecule has 0 aliphatic carbocycles. The molecule has 0 aromatic heterocycles. The van der Waals surface area contributed by atoms with Gasteiger partial charge in [0.25, 0.3) is 0 Å². The molecule has 0 saturated heterocycles. The fraction of sp³-hybridized carbons (Fsp3) is 0.571. The molecule has 0 aromatic carbocycles. The molecule has 0 aromatic rings. The van der Waals surface area contributed by atoms with Crippen molar-refractivity contribution in [3.63, 3.8) is 0 Å². The lowest BCUT2D eigenvalue weighted by Gasteiger charge is -2.22. The molecule has 0 saturated carbocycles. The summed E-state index contributed by atoms with van der Waals surface area (Å²) in [6.45, 7) is 8.59. The van der Waals surface area contributed by atoms with E-state index in [1.54, 1.807) is 0 Å². The van der Waals surface area contributed by atoms with Gasteiger partial charge in [0.2, 0.25) is 5.96 Å². The Morgan fingerprint density at radius 3 is 2.50 bits per heavy atom. The van der Waals surface area contributed by atoms with E-state index in [0.29, 0.717) is 12.5 Å². The van der Waals surface area contributed by atoms with Crippen molar-refractivity contribution < 1.29 is 0 Å². The average molecular weight is 282 g/mol. The lowest BCUT2D eigenvalue weighted by molar-refractivity contribution is 0.423. The Morgan fingerprint density at radius 2 is 2.25 bits per heavy atom. The summed E-state index contributed by atoms with van der Waals surface area (Å²) in [4.78, 5) is 0. The van der Waals surface area contributed by atoms with Crippen LogP contribution >= 0.6 is 22.9 Å². The zero-order valence-electron chi connectivity index (χ0n) is 7.39. The van der Waals surface area contributed by atoms with Gasteiger partial charge in [-0.05, 0) is 5.92 Å². The standard InChI is InChI=1S/C7H15IN4/c1-5(2)6(3)4-12(11-8)7(9)10/h5,11H,3-4H2,1-2H3,(H3,9,10). The molecule has 0 rings (SSSR count). The Bertz CT molecular complexity index is 178. The monoisotopic (exact) mass is 282 g/mol. The van der Waals surface area contributed by atoms with E-state index in [-0.39, 0.29) is 5.96 Å². The maximum absolute atomic E-state index is 7.18. The topological polar surface area (TPSA) is 65.1 Å². The van der Waals surface area contributed by atoms with E-state index in [0.717, 1.165) is 5.57 Å². The number of nitrogens with zero attached hydrogens (tertiary/aromatic N) is 1. The van der Waals surface area contributed by atoms with Gasteiger partial charge in [0, 0.05) is 22.9 Å². The number of hydrogen-bond donors (Lipinski definition) is 3. The van der Waals surface area contributed by atoms with Gasteiger partial charge in [0.1, 0.15) is 0 Å². The van der Waals surface area contributed by atoms with Crippen LogP contribution in [0.25, 0.3) is 0 Å². The number of halogens is 1. The van der Waals surface area contributed by atoms with Gasteiger partial charge in [-0.3, -0.25) is 10.4 Å². The second-order valence-electron chi connectivity index (χ2n) is 2.87. The molecule has 0 aliphatic heterocycles. The largest absolute Gasteiger partial charge is 0.369 e. The van der Waals surface area contributed by atoms with E-state index >= 15 is 0 Å². The van der Waals surface area contributed by atoms with Crippen molar-refractivity contribution in [2.45, 2.75) is 13.8 Å². The molecule has 0 atom stereocenters. The van der Waals surface area contributed by atoms with Crippen molar-refractivity contribution in [3.05, 3.63) is 12.2 Å². The number of nitrogens with one attached hydrogen (secondary N) is 2. The van der Waals surface area contributed by atoms with E-state index < -0.39 is 0 Å². The van der Waals surface area contributed by atoms with Gasteiger partial charge in [0.05, 0.1) is 6.54 Å². The Balaban J connectivity index is 4.03. The highest BCUT2D eigenvalue weighted by molar-refractivity contribution is 14.1. The molecule has 5 heteroatoms. The summed E-state index contributed by atoms with van der Waals surface area (Å²) in [5.41, 5.74) is 6.35. The third kappa shape index (κ3) is 3.91. The molecule has 0 spiro atoms. The Hall–Kier alpha value is -0.300. The number of nitrogens with two attached hydrogens (primary N) is 1. The molecule has 12 heavy (non-hydrogen) atoms. The summed E-state index contributed by atoms with van der Waals surface area (Å²) >= 11 is 1.94. The summed E-state index contributed by atoms with van der Waals surface area (Å²) in [7, 11) is 0. The molecule has 0 amide bonds. The molecular formula is C7H15IN4. The quantitative estimate of drug-likeness (QED) is 0.181. The summed E-state index contributed by atoms with van der Waals surface area (Å²) in [6, 6.07) is 0. The van der Waals surface area contributed by atoms with Gasteiger partial charge >= 0.3 is 0 Å². The summed E-state index contributed by atoms with van der Waals surface area (Å²) in [5, 5.41) is 8.71. The van der Waals surface area contributed by atoms with Crippen LogP contribution in [0.5, 0.6) is 0 Å². The fourth-order valence-electron chi connectivity index (χ4n) is 0.546. The molecule has 4 nitrogen and oxygen atoms in total. The maximum Gasteiger partial charge on any atom is 0.204 e. The second kappa shape index (κ2) is 5.36. The Morgan fingerprint density at radius 1 is 1.75 bits per heavy atom. The van der Waals surface area contributed by atoms with Crippen LogP contribution < -0.4 is 9.37 Å². The molecule has 0 radical (unpaired) electrons. The van der Waals surface area contributed by atoms with Crippen LogP contribution in [0.15, 0.2) is 12.2 Å². The summed E-state index contributed by atoms with van der Waals surface area (Å²) in [5.74, 6) is 0.419. The predicted octanol–water partition coefficient (Wildman–Crippen LogP) is 1.25. The first-order chi connectivity index (χ1) is 5.49. The van der Waals surface area contributed by atoms with E-state index in [4.69, 9.17) is 11.1 Å². The van der Waals surface area contributed by atoms with Crippen LogP contribution in [0.4, 0.5) is 0 Å². The van der Waals surface area contributed by atoms with Crippen LogP contribution in [0.1, 0.15) is 13.8 Å². The molecule has 0 unspecified atom stereocenters. The highest BCUT2D eigenvalue weighted by Crippen LogP contribution is 2.07. The zero-order valence-corrected chi connectivity index (χ0v) is 9.55. The minimum Gasteiger partial charge on any atom is -0.369 e. The lowest BCUT2D eigenvalue weighted by atomic mass is 10.1. The van der Waals surface area contributed by atoms with Gasteiger partial charge in [0.15, 0.2) is 0 Å². The van der Waals surface area contributed by atoms with Crippen LogP contribution in [-0.4, -0.2) is 17.5 Å². The third-order valence-electron chi connectivity index (χ3n) is 1.57. The molecule has 0 aliphatic rings. The van der Waals surface area contributed by atoms with Crippen molar-refractivity contribution in [2.24, 2.45) is 11.7 Å². The molecule has 0 heterocycles. The van der Waals surface area contributed by atoms with Gasteiger partial charge in [-0.2, -0.15) is 3.64 Å². The minimum atomic E-state index is 0.00574. The first-order valence-electron chi connectivity index (χ1n) is 3.64. The molecule has 0 bridgehead atoms. The Kier molecular flexibility index (Phi) is 5.23. The van der Waals surface area contributed by atoms with Gasteiger partial charge in [-0.1, -0.05) is 26.0 Å². The lowest BCUT2D eigenvalue weighted by Crippen LogP contribution is -2.43. The third-order valence-corrected chi connectivity index (χ3v) is 2.15. The number of guanidine groups is 1. The molecule has 70 valence electrons. The second-order valence-corrected chi connectivity index (χ2v) is 3.35. The average Bonchev–Trinajstić information content (AvgIpc) is 1.98. The van der Waals surface area contributed by atoms with Crippen molar-refractivity contribution in [1.29, 1.82) is 5.41 Å². The first-order valence-corrected chi connectivity index (χ1v) is 4.72. The Labute approximate surface area is 87.2 Å². The number of hydrazine groups is 1. The fourth-order valence-corrected chi connectivity index (χ4v) is 0.977. The van der Waals surface area contributed by atoms with E-state index in [1.165, 1.54) is 5.01 Å². The first kappa shape index (κ1) is 11.7.